The molecule has 0 spiro atoms. The van der Waals surface area contributed by atoms with Gasteiger partial charge >= 0.3 is 0 Å². The minimum absolute atomic E-state index is 0.202. The fraction of sp³-hybridized carbons (Fsp3) is 0.480. The number of hydrogen-bond donors (Lipinski definition) is 1. The molecule has 0 aliphatic carbocycles. The number of piperidine rings is 1. The van der Waals surface area contributed by atoms with Gasteiger partial charge in [0.1, 0.15) is 0 Å². The molecule has 0 radical (unpaired) electrons. The first kappa shape index (κ1) is 23.7. The highest BCUT2D eigenvalue weighted by Crippen LogP contribution is 2.21. The predicted octanol–water partition coefficient (Wildman–Crippen LogP) is 2.80. The van der Waals surface area contributed by atoms with Crippen LogP contribution in [0.1, 0.15) is 36.0 Å². The smallest absolute Gasteiger partial charge is 0.251 e. The van der Waals surface area contributed by atoms with Gasteiger partial charge in [-0.3, -0.25) is 9.69 Å². The molecule has 1 amide bonds. The lowest BCUT2D eigenvalue weighted by atomic mass is 10.2. The number of nitrogens with zero attached hydrogens (tertiary/aromatic N) is 3. The van der Waals surface area contributed by atoms with Crippen LogP contribution in [0.5, 0.6) is 0 Å². The van der Waals surface area contributed by atoms with Crippen molar-refractivity contribution in [1.82, 2.24) is 14.5 Å². The van der Waals surface area contributed by atoms with E-state index in [2.05, 4.69) is 39.4 Å². The second kappa shape index (κ2) is 11.1. The number of carbonyl (C=O) groups excluding carboxylic acids is 1. The van der Waals surface area contributed by atoms with Gasteiger partial charge in [-0.05, 0) is 56.1 Å². The van der Waals surface area contributed by atoms with Gasteiger partial charge in [0.2, 0.25) is 10.0 Å². The molecule has 2 aliphatic rings. The summed E-state index contributed by atoms with van der Waals surface area (Å²) in [5, 5.41) is 2.95. The van der Waals surface area contributed by atoms with Crippen LogP contribution in [0.2, 0.25) is 0 Å². The molecule has 4 rings (SSSR count). The van der Waals surface area contributed by atoms with Gasteiger partial charge in [-0.15, -0.1) is 0 Å². The molecule has 0 unspecified atom stereocenters. The molecule has 2 aliphatic heterocycles. The largest absolute Gasteiger partial charge is 0.369 e. The Bertz CT molecular complexity index is 1010. The van der Waals surface area contributed by atoms with Crippen LogP contribution in [0.25, 0.3) is 0 Å². The zero-order valence-corrected chi connectivity index (χ0v) is 20.0. The van der Waals surface area contributed by atoms with Gasteiger partial charge in [-0.2, -0.15) is 4.31 Å². The maximum absolute atomic E-state index is 12.9. The van der Waals surface area contributed by atoms with Gasteiger partial charge in [0.15, 0.2) is 0 Å². The minimum Gasteiger partial charge on any atom is -0.369 e. The Balaban J connectivity index is 1.22. The van der Waals surface area contributed by atoms with E-state index in [9.17, 15) is 13.2 Å². The van der Waals surface area contributed by atoms with Gasteiger partial charge in [-0.1, -0.05) is 30.7 Å². The predicted molar refractivity (Wildman–Crippen MR) is 131 cm³/mol. The van der Waals surface area contributed by atoms with E-state index < -0.39 is 10.0 Å². The van der Waals surface area contributed by atoms with Crippen molar-refractivity contribution in [1.29, 1.82) is 0 Å². The number of nitrogens with one attached hydrogen (secondary N) is 1. The Labute approximate surface area is 197 Å². The number of hydrogen-bond acceptors (Lipinski definition) is 5. The van der Waals surface area contributed by atoms with Crippen LogP contribution in [0, 0.1) is 0 Å². The fourth-order valence-electron chi connectivity index (χ4n) is 4.53. The number of sulfonamides is 1. The summed E-state index contributed by atoms with van der Waals surface area (Å²) in [6.45, 7) is 6.66. The van der Waals surface area contributed by atoms with Crippen LogP contribution in [-0.2, 0) is 10.0 Å². The summed E-state index contributed by atoms with van der Waals surface area (Å²) in [6.07, 6.45) is 3.71. The van der Waals surface area contributed by atoms with Gasteiger partial charge in [-0.25, -0.2) is 8.42 Å². The topological polar surface area (TPSA) is 73.0 Å². The van der Waals surface area contributed by atoms with Crippen molar-refractivity contribution in [2.45, 2.75) is 30.6 Å². The maximum atomic E-state index is 12.9. The van der Waals surface area contributed by atoms with E-state index in [4.69, 9.17) is 0 Å². The molecule has 33 heavy (non-hydrogen) atoms. The van der Waals surface area contributed by atoms with E-state index in [1.165, 1.54) is 16.1 Å². The van der Waals surface area contributed by atoms with Gasteiger partial charge in [0.05, 0.1) is 4.90 Å². The highest BCUT2D eigenvalue weighted by Gasteiger charge is 2.26. The molecule has 7 nitrogen and oxygen atoms in total. The molecule has 8 heteroatoms. The normalized spacial score (nSPS) is 18.2. The number of piperazine rings is 1. The molecule has 2 fully saturated rings. The molecule has 0 bridgehead atoms. The second-order valence-corrected chi connectivity index (χ2v) is 10.7. The molecule has 0 aromatic heterocycles. The Morgan fingerprint density at radius 3 is 2.30 bits per heavy atom. The van der Waals surface area contributed by atoms with E-state index in [0.717, 1.165) is 58.4 Å². The second-order valence-electron chi connectivity index (χ2n) is 8.77. The van der Waals surface area contributed by atoms with E-state index in [1.807, 2.05) is 6.07 Å². The van der Waals surface area contributed by atoms with Crippen LogP contribution < -0.4 is 10.2 Å². The zero-order chi connectivity index (χ0) is 23.1. The minimum atomic E-state index is -3.54. The Morgan fingerprint density at radius 2 is 1.58 bits per heavy atom. The summed E-state index contributed by atoms with van der Waals surface area (Å²) in [7, 11) is -3.54. The molecular weight excluding hydrogens is 436 g/mol. The highest BCUT2D eigenvalue weighted by molar-refractivity contribution is 7.89. The molecule has 1 N–H and O–H groups in total. The van der Waals surface area contributed by atoms with Crippen molar-refractivity contribution in [3.05, 3.63) is 60.2 Å². The third-order valence-corrected chi connectivity index (χ3v) is 8.37. The summed E-state index contributed by atoms with van der Waals surface area (Å²) in [5.41, 5.74) is 1.67. The standard InChI is InChI=1S/C25H34N4O3S/c30-25(22-9-7-12-24(21-22)33(31,32)29-15-5-2-6-16-29)26-13-8-14-27-17-19-28(20-18-27)23-10-3-1-4-11-23/h1,3-4,7,9-12,21H,2,5-6,8,13-20H2,(H,26,30). The number of amides is 1. The first-order valence-electron chi connectivity index (χ1n) is 11.9. The molecule has 2 aromatic carbocycles. The summed E-state index contributed by atoms with van der Waals surface area (Å²) >= 11 is 0. The lowest BCUT2D eigenvalue weighted by molar-refractivity contribution is 0.0951. The third-order valence-electron chi connectivity index (χ3n) is 6.48. The van der Waals surface area contributed by atoms with Gasteiger partial charge < -0.3 is 10.2 Å². The Morgan fingerprint density at radius 1 is 0.848 bits per heavy atom. The lowest BCUT2D eigenvalue weighted by Crippen LogP contribution is -2.47. The van der Waals surface area contributed by atoms with E-state index in [1.54, 1.807) is 18.2 Å². The SMILES string of the molecule is O=C(NCCCN1CCN(c2ccccc2)CC1)c1cccc(S(=O)(=O)N2CCCCC2)c1. The van der Waals surface area contributed by atoms with E-state index in [-0.39, 0.29) is 10.8 Å². The summed E-state index contributed by atoms with van der Waals surface area (Å²) in [5.74, 6) is -0.223. The Hall–Kier alpha value is -2.42. The van der Waals surface area contributed by atoms with Crippen LogP contribution in [-0.4, -0.2) is 75.9 Å². The number of rotatable bonds is 8. The molecule has 0 atom stereocenters. The summed E-state index contributed by atoms with van der Waals surface area (Å²) in [6, 6.07) is 16.9. The van der Waals surface area contributed by atoms with E-state index >= 15 is 0 Å². The van der Waals surface area contributed by atoms with Crippen LogP contribution >= 0.6 is 0 Å². The molecule has 2 heterocycles. The number of anilines is 1. The lowest BCUT2D eigenvalue weighted by Gasteiger charge is -2.36. The number of carbonyl (C=O) groups is 1. The van der Waals surface area contributed by atoms with E-state index in [0.29, 0.717) is 25.2 Å². The molecule has 178 valence electrons. The first-order chi connectivity index (χ1) is 16.0. The molecular formula is C25H34N4O3S. The molecule has 2 aromatic rings. The number of para-hydroxylation sites is 1. The van der Waals surface area contributed by atoms with Crippen molar-refractivity contribution >= 4 is 21.6 Å². The van der Waals surface area contributed by atoms with Gasteiger partial charge in [0.25, 0.3) is 5.91 Å². The average Bonchev–Trinajstić information content (AvgIpc) is 2.88. The Kier molecular flexibility index (Phi) is 8.01. The van der Waals surface area contributed by atoms with Crippen molar-refractivity contribution in [3.8, 4) is 0 Å². The van der Waals surface area contributed by atoms with Crippen molar-refractivity contribution in [3.63, 3.8) is 0 Å². The molecule has 2 saturated heterocycles. The molecule has 0 saturated carbocycles. The quantitative estimate of drug-likeness (QED) is 0.601. The van der Waals surface area contributed by atoms with Crippen molar-refractivity contribution in [2.75, 3.05) is 57.3 Å². The highest BCUT2D eigenvalue weighted by atomic mass is 32.2. The third kappa shape index (κ3) is 6.13. The average molecular weight is 471 g/mol. The van der Waals surface area contributed by atoms with Gasteiger partial charge in [0, 0.05) is 57.1 Å². The zero-order valence-electron chi connectivity index (χ0n) is 19.2. The van der Waals surface area contributed by atoms with Crippen LogP contribution in [0.3, 0.4) is 0 Å². The maximum Gasteiger partial charge on any atom is 0.251 e. The van der Waals surface area contributed by atoms with Crippen LogP contribution in [0.15, 0.2) is 59.5 Å². The van der Waals surface area contributed by atoms with Crippen molar-refractivity contribution < 1.29 is 13.2 Å². The van der Waals surface area contributed by atoms with Crippen molar-refractivity contribution in [2.24, 2.45) is 0 Å². The van der Waals surface area contributed by atoms with Crippen LogP contribution in [0.4, 0.5) is 5.69 Å². The first-order valence-corrected chi connectivity index (χ1v) is 13.4. The summed E-state index contributed by atoms with van der Waals surface area (Å²) < 4.78 is 27.3. The summed E-state index contributed by atoms with van der Waals surface area (Å²) in [4.78, 5) is 17.6. The monoisotopic (exact) mass is 470 g/mol. The number of benzene rings is 2. The fourth-order valence-corrected chi connectivity index (χ4v) is 6.09.